The Hall–Kier alpha value is -0.120. The molecule has 2 rings (SSSR count). The lowest BCUT2D eigenvalue weighted by Gasteiger charge is -2.38. The number of rotatable bonds is 1. The number of hydrogen-bond donors (Lipinski definition) is 3. The summed E-state index contributed by atoms with van der Waals surface area (Å²) >= 11 is 0. The third kappa shape index (κ3) is 1.00. The molecule has 1 aliphatic carbocycles. The van der Waals surface area contributed by atoms with Gasteiger partial charge in [0.2, 0.25) is 0 Å². The summed E-state index contributed by atoms with van der Waals surface area (Å²) in [6.45, 7) is 3.93. The zero-order valence-corrected chi connectivity index (χ0v) is 7.64. The molecule has 1 saturated carbocycles. The van der Waals surface area contributed by atoms with Crippen LogP contribution in [0, 0.1) is 5.92 Å². The summed E-state index contributed by atoms with van der Waals surface area (Å²) in [5.74, 6) is 0.501. The van der Waals surface area contributed by atoms with E-state index in [2.05, 4.69) is 12.2 Å². The van der Waals surface area contributed by atoms with Crippen molar-refractivity contribution in [3.05, 3.63) is 0 Å². The van der Waals surface area contributed by atoms with E-state index in [9.17, 15) is 5.11 Å². The zero-order chi connectivity index (χ0) is 8.82. The average molecular weight is 170 g/mol. The molecule has 2 atom stereocenters. The first-order valence-corrected chi connectivity index (χ1v) is 4.80. The molecule has 4 N–H and O–H groups in total. The lowest BCUT2D eigenvalue weighted by atomic mass is 9.82. The van der Waals surface area contributed by atoms with Crippen LogP contribution >= 0.6 is 0 Å². The largest absolute Gasteiger partial charge is 0.388 e. The van der Waals surface area contributed by atoms with E-state index in [1.54, 1.807) is 0 Å². The first-order chi connectivity index (χ1) is 5.58. The summed E-state index contributed by atoms with van der Waals surface area (Å²) in [6, 6.07) is 0. The van der Waals surface area contributed by atoms with Crippen LogP contribution in [-0.2, 0) is 0 Å². The molecule has 1 aliphatic heterocycles. The lowest BCUT2D eigenvalue weighted by molar-refractivity contribution is -0.0273. The van der Waals surface area contributed by atoms with Gasteiger partial charge in [-0.25, -0.2) is 0 Å². The Morgan fingerprint density at radius 3 is 2.33 bits per heavy atom. The summed E-state index contributed by atoms with van der Waals surface area (Å²) in [5.41, 5.74) is 5.27. The SMILES string of the molecule is CC1CC1(N)C1(O)CCNCC1. The Balaban J connectivity index is 2.09. The minimum Gasteiger partial charge on any atom is -0.388 e. The molecule has 0 spiro atoms. The fraction of sp³-hybridized carbons (Fsp3) is 1.00. The minimum absolute atomic E-state index is 0.269. The number of nitrogens with one attached hydrogen (secondary N) is 1. The third-order valence-corrected chi connectivity index (χ3v) is 3.66. The summed E-state index contributed by atoms with van der Waals surface area (Å²) in [6.07, 6.45) is 2.62. The highest BCUT2D eigenvalue weighted by Crippen LogP contribution is 2.51. The van der Waals surface area contributed by atoms with Crippen molar-refractivity contribution >= 4 is 0 Å². The Bertz CT molecular complexity index is 189. The predicted molar refractivity (Wildman–Crippen MR) is 47.8 cm³/mol. The Labute approximate surface area is 73.3 Å². The van der Waals surface area contributed by atoms with E-state index in [1.165, 1.54) is 0 Å². The van der Waals surface area contributed by atoms with Gasteiger partial charge in [-0.2, -0.15) is 0 Å². The van der Waals surface area contributed by atoms with Crippen molar-refractivity contribution in [1.82, 2.24) is 5.32 Å². The molecule has 2 fully saturated rings. The van der Waals surface area contributed by atoms with Crippen LogP contribution in [0.2, 0.25) is 0 Å². The smallest absolute Gasteiger partial charge is 0.0853 e. The fourth-order valence-corrected chi connectivity index (χ4v) is 2.40. The van der Waals surface area contributed by atoms with E-state index in [0.29, 0.717) is 5.92 Å². The molecule has 0 aromatic heterocycles. The second-order valence-electron chi connectivity index (χ2n) is 4.43. The van der Waals surface area contributed by atoms with Gasteiger partial charge in [0.05, 0.1) is 5.60 Å². The summed E-state index contributed by atoms with van der Waals surface area (Å²) < 4.78 is 0. The minimum atomic E-state index is -0.586. The van der Waals surface area contributed by atoms with Crippen LogP contribution in [0.25, 0.3) is 0 Å². The molecule has 2 unspecified atom stereocenters. The maximum atomic E-state index is 10.3. The number of hydrogen-bond acceptors (Lipinski definition) is 3. The molecular weight excluding hydrogens is 152 g/mol. The highest BCUT2D eigenvalue weighted by molar-refractivity contribution is 5.18. The Morgan fingerprint density at radius 1 is 1.42 bits per heavy atom. The molecule has 0 aromatic rings. The van der Waals surface area contributed by atoms with Gasteiger partial charge >= 0.3 is 0 Å². The molecule has 2 aliphatic rings. The molecular formula is C9H18N2O. The topological polar surface area (TPSA) is 58.3 Å². The Morgan fingerprint density at radius 2 is 1.92 bits per heavy atom. The van der Waals surface area contributed by atoms with E-state index in [4.69, 9.17) is 5.73 Å². The first kappa shape index (κ1) is 8.48. The van der Waals surface area contributed by atoms with Crippen LogP contribution in [0.15, 0.2) is 0 Å². The van der Waals surface area contributed by atoms with Gasteiger partial charge in [-0.15, -0.1) is 0 Å². The highest BCUT2D eigenvalue weighted by atomic mass is 16.3. The molecule has 1 heterocycles. The van der Waals surface area contributed by atoms with Crippen LogP contribution in [-0.4, -0.2) is 29.3 Å². The van der Waals surface area contributed by atoms with Gasteiger partial charge in [0.25, 0.3) is 0 Å². The van der Waals surface area contributed by atoms with Gasteiger partial charge in [0.15, 0.2) is 0 Å². The average Bonchev–Trinajstić information content (AvgIpc) is 2.63. The molecule has 0 aromatic carbocycles. The zero-order valence-electron chi connectivity index (χ0n) is 7.64. The number of aliphatic hydroxyl groups is 1. The van der Waals surface area contributed by atoms with E-state index in [-0.39, 0.29) is 5.54 Å². The molecule has 0 amide bonds. The van der Waals surface area contributed by atoms with Gasteiger partial charge in [-0.05, 0) is 38.3 Å². The van der Waals surface area contributed by atoms with Crippen molar-refractivity contribution in [3.63, 3.8) is 0 Å². The van der Waals surface area contributed by atoms with Crippen LogP contribution < -0.4 is 11.1 Å². The van der Waals surface area contributed by atoms with Crippen LogP contribution in [0.3, 0.4) is 0 Å². The Kier molecular flexibility index (Phi) is 1.72. The summed E-state index contributed by atoms with van der Waals surface area (Å²) in [5, 5.41) is 13.5. The van der Waals surface area contributed by atoms with Gasteiger partial charge in [0, 0.05) is 5.54 Å². The van der Waals surface area contributed by atoms with Gasteiger partial charge in [0.1, 0.15) is 0 Å². The second-order valence-corrected chi connectivity index (χ2v) is 4.43. The molecule has 70 valence electrons. The van der Waals surface area contributed by atoms with Crippen LogP contribution in [0.5, 0.6) is 0 Å². The molecule has 12 heavy (non-hydrogen) atoms. The summed E-state index contributed by atoms with van der Waals surface area (Å²) in [7, 11) is 0. The van der Waals surface area contributed by atoms with Gasteiger partial charge in [-0.1, -0.05) is 6.92 Å². The quantitative estimate of drug-likeness (QED) is 0.512. The summed E-state index contributed by atoms with van der Waals surface area (Å²) in [4.78, 5) is 0. The molecule has 1 saturated heterocycles. The van der Waals surface area contributed by atoms with Crippen LogP contribution in [0.4, 0.5) is 0 Å². The van der Waals surface area contributed by atoms with Crippen molar-refractivity contribution in [2.45, 2.75) is 37.3 Å². The molecule has 3 nitrogen and oxygen atoms in total. The van der Waals surface area contributed by atoms with Crippen molar-refractivity contribution in [2.24, 2.45) is 11.7 Å². The first-order valence-electron chi connectivity index (χ1n) is 4.80. The fourth-order valence-electron chi connectivity index (χ4n) is 2.40. The van der Waals surface area contributed by atoms with Gasteiger partial charge < -0.3 is 16.2 Å². The van der Waals surface area contributed by atoms with E-state index in [0.717, 1.165) is 32.4 Å². The van der Waals surface area contributed by atoms with E-state index in [1.807, 2.05) is 0 Å². The number of nitrogens with two attached hydrogens (primary N) is 1. The monoisotopic (exact) mass is 170 g/mol. The lowest BCUT2D eigenvalue weighted by Crippen LogP contribution is -2.56. The van der Waals surface area contributed by atoms with Crippen LogP contribution in [0.1, 0.15) is 26.2 Å². The molecule has 3 heteroatoms. The van der Waals surface area contributed by atoms with Crippen molar-refractivity contribution in [1.29, 1.82) is 0 Å². The maximum Gasteiger partial charge on any atom is 0.0853 e. The normalized spacial score (nSPS) is 45.8. The van der Waals surface area contributed by atoms with Crippen molar-refractivity contribution in [2.75, 3.05) is 13.1 Å². The highest BCUT2D eigenvalue weighted by Gasteiger charge is 2.61. The third-order valence-electron chi connectivity index (χ3n) is 3.66. The maximum absolute atomic E-state index is 10.3. The van der Waals surface area contributed by atoms with Crippen molar-refractivity contribution in [3.8, 4) is 0 Å². The van der Waals surface area contributed by atoms with E-state index >= 15 is 0 Å². The number of piperidine rings is 1. The van der Waals surface area contributed by atoms with Crippen molar-refractivity contribution < 1.29 is 5.11 Å². The van der Waals surface area contributed by atoms with E-state index < -0.39 is 5.60 Å². The molecule has 0 radical (unpaired) electrons. The molecule has 0 bridgehead atoms. The standard InChI is InChI=1S/C9H18N2O/c1-7-6-9(7,10)8(12)2-4-11-5-3-8/h7,11-12H,2-6,10H2,1H3. The predicted octanol–water partition coefficient (Wildman–Crippen LogP) is -0.162. The van der Waals surface area contributed by atoms with Gasteiger partial charge in [-0.3, -0.25) is 0 Å². The second kappa shape index (κ2) is 2.44.